The molecule has 2 nitrogen and oxygen atoms in total. The summed E-state index contributed by atoms with van der Waals surface area (Å²) in [5, 5.41) is 9.89. The molecule has 1 unspecified atom stereocenters. The number of ether oxygens (including phenoxy) is 1. The lowest BCUT2D eigenvalue weighted by atomic mass is 10.1. The first-order chi connectivity index (χ1) is 10.8. The van der Waals surface area contributed by atoms with Crippen molar-refractivity contribution in [2.45, 2.75) is 32.0 Å². The Morgan fingerprint density at radius 3 is 2.36 bits per heavy atom. The molecule has 2 rings (SSSR count). The lowest BCUT2D eigenvalue weighted by molar-refractivity contribution is 0.0984. The van der Waals surface area contributed by atoms with Crippen molar-refractivity contribution in [2.75, 3.05) is 6.61 Å². The van der Waals surface area contributed by atoms with E-state index in [1.807, 2.05) is 60.7 Å². The van der Waals surface area contributed by atoms with Crippen LogP contribution < -0.4 is 0 Å². The summed E-state index contributed by atoms with van der Waals surface area (Å²) in [6.07, 6.45) is 1.70. The van der Waals surface area contributed by atoms with Crippen LogP contribution in [0.3, 0.4) is 0 Å². The Morgan fingerprint density at radius 1 is 0.955 bits per heavy atom. The first kappa shape index (κ1) is 16.3. The molecule has 0 radical (unpaired) electrons. The van der Waals surface area contributed by atoms with Gasteiger partial charge in [-0.3, -0.25) is 0 Å². The summed E-state index contributed by atoms with van der Waals surface area (Å²) in [6, 6.07) is 19.9. The van der Waals surface area contributed by atoms with Crippen LogP contribution in [0.1, 0.15) is 30.4 Å². The predicted octanol–water partition coefficient (Wildman–Crippen LogP) is 3.79. The molecule has 0 bridgehead atoms. The topological polar surface area (TPSA) is 29.5 Å². The molecule has 114 valence electrons. The van der Waals surface area contributed by atoms with Gasteiger partial charge in [0.1, 0.15) is 0 Å². The van der Waals surface area contributed by atoms with Gasteiger partial charge in [-0.2, -0.15) is 0 Å². The van der Waals surface area contributed by atoms with Crippen molar-refractivity contribution in [1.29, 1.82) is 0 Å². The zero-order valence-corrected chi connectivity index (χ0v) is 12.7. The standard InChI is InChI=1S/C20H22O2/c21-20(14-7-13-18-9-3-1-4-10-18)15-8-16-22-17-19-11-5-2-6-12-19/h1-6,9-12,20-21H,8,14-17H2. The number of aliphatic hydroxyl groups excluding tert-OH is 1. The zero-order chi connectivity index (χ0) is 15.5. The highest BCUT2D eigenvalue weighted by Gasteiger charge is 2.01. The van der Waals surface area contributed by atoms with E-state index in [1.165, 1.54) is 5.56 Å². The maximum absolute atomic E-state index is 9.89. The SMILES string of the molecule is OC(CC#Cc1ccccc1)CCCOCc1ccccc1. The fourth-order valence-electron chi connectivity index (χ4n) is 2.08. The molecule has 2 aromatic rings. The summed E-state index contributed by atoms with van der Waals surface area (Å²) in [5.74, 6) is 6.08. The molecule has 0 aliphatic rings. The lowest BCUT2D eigenvalue weighted by Gasteiger charge is -2.07. The van der Waals surface area contributed by atoms with E-state index in [0.717, 1.165) is 18.4 Å². The van der Waals surface area contributed by atoms with E-state index in [0.29, 0.717) is 19.6 Å². The van der Waals surface area contributed by atoms with Crippen LogP contribution in [0.25, 0.3) is 0 Å². The summed E-state index contributed by atoms with van der Waals surface area (Å²) >= 11 is 0. The highest BCUT2D eigenvalue weighted by Crippen LogP contribution is 2.05. The van der Waals surface area contributed by atoms with Crippen molar-refractivity contribution in [3.05, 3.63) is 71.8 Å². The average Bonchev–Trinajstić information content (AvgIpc) is 2.56. The van der Waals surface area contributed by atoms with Crippen molar-refractivity contribution in [3.8, 4) is 11.8 Å². The molecule has 0 amide bonds. The van der Waals surface area contributed by atoms with E-state index in [2.05, 4.69) is 11.8 Å². The van der Waals surface area contributed by atoms with Gasteiger partial charge in [-0.05, 0) is 30.5 Å². The Labute approximate surface area is 132 Å². The van der Waals surface area contributed by atoms with Crippen LogP contribution in [0.4, 0.5) is 0 Å². The Balaban J connectivity index is 1.56. The molecule has 0 saturated carbocycles. The first-order valence-corrected chi connectivity index (χ1v) is 7.68. The van der Waals surface area contributed by atoms with Crippen molar-refractivity contribution in [3.63, 3.8) is 0 Å². The number of hydrogen-bond donors (Lipinski definition) is 1. The molecular weight excluding hydrogens is 272 g/mol. The van der Waals surface area contributed by atoms with Crippen molar-refractivity contribution in [2.24, 2.45) is 0 Å². The van der Waals surface area contributed by atoms with E-state index >= 15 is 0 Å². The fourth-order valence-corrected chi connectivity index (χ4v) is 2.08. The van der Waals surface area contributed by atoms with Crippen LogP contribution in [0, 0.1) is 11.8 Å². The minimum Gasteiger partial charge on any atom is -0.392 e. The molecule has 2 aromatic carbocycles. The van der Waals surface area contributed by atoms with Crippen LogP contribution >= 0.6 is 0 Å². The second kappa shape index (κ2) is 9.78. The van der Waals surface area contributed by atoms with Crippen molar-refractivity contribution < 1.29 is 9.84 Å². The Hall–Kier alpha value is -2.08. The number of rotatable bonds is 7. The van der Waals surface area contributed by atoms with Gasteiger partial charge in [0.05, 0.1) is 12.7 Å². The third-order valence-electron chi connectivity index (χ3n) is 3.28. The van der Waals surface area contributed by atoms with Crippen molar-refractivity contribution >= 4 is 0 Å². The second-order valence-corrected chi connectivity index (χ2v) is 5.21. The molecule has 0 fully saturated rings. The quantitative estimate of drug-likeness (QED) is 0.622. The Morgan fingerprint density at radius 2 is 1.64 bits per heavy atom. The van der Waals surface area contributed by atoms with E-state index in [4.69, 9.17) is 4.74 Å². The van der Waals surface area contributed by atoms with E-state index < -0.39 is 0 Å². The maximum Gasteiger partial charge on any atom is 0.0716 e. The average molecular weight is 294 g/mol. The fraction of sp³-hybridized carbons (Fsp3) is 0.300. The third kappa shape index (κ3) is 6.58. The number of hydrogen-bond acceptors (Lipinski definition) is 2. The smallest absolute Gasteiger partial charge is 0.0716 e. The number of aliphatic hydroxyl groups is 1. The number of benzene rings is 2. The minimum absolute atomic E-state index is 0.378. The van der Waals surface area contributed by atoms with E-state index in [-0.39, 0.29) is 6.10 Å². The summed E-state index contributed by atoms with van der Waals surface area (Å²) < 4.78 is 5.60. The molecular formula is C20H22O2. The summed E-state index contributed by atoms with van der Waals surface area (Å²) in [6.45, 7) is 1.29. The molecule has 1 N–H and O–H groups in total. The first-order valence-electron chi connectivity index (χ1n) is 7.68. The molecule has 0 aromatic heterocycles. The molecule has 0 heterocycles. The van der Waals surface area contributed by atoms with Crippen LogP contribution in [0.5, 0.6) is 0 Å². The van der Waals surface area contributed by atoms with Gasteiger partial charge >= 0.3 is 0 Å². The maximum atomic E-state index is 9.89. The van der Waals surface area contributed by atoms with Gasteiger partial charge in [0.15, 0.2) is 0 Å². The van der Waals surface area contributed by atoms with Gasteiger partial charge < -0.3 is 9.84 Å². The molecule has 22 heavy (non-hydrogen) atoms. The Kier molecular flexibility index (Phi) is 7.25. The molecule has 0 spiro atoms. The monoisotopic (exact) mass is 294 g/mol. The highest BCUT2D eigenvalue weighted by molar-refractivity contribution is 5.33. The Bertz CT molecular complexity index is 581. The minimum atomic E-state index is -0.378. The summed E-state index contributed by atoms with van der Waals surface area (Å²) in [7, 11) is 0. The normalized spacial score (nSPS) is 11.5. The van der Waals surface area contributed by atoms with E-state index in [9.17, 15) is 5.11 Å². The van der Waals surface area contributed by atoms with Gasteiger partial charge in [-0.1, -0.05) is 60.4 Å². The summed E-state index contributed by atoms with van der Waals surface area (Å²) in [4.78, 5) is 0. The van der Waals surface area contributed by atoms with Gasteiger partial charge in [-0.15, -0.1) is 0 Å². The molecule has 0 aliphatic heterocycles. The third-order valence-corrected chi connectivity index (χ3v) is 3.28. The largest absolute Gasteiger partial charge is 0.392 e. The van der Waals surface area contributed by atoms with Crippen LogP contribution in [-0.4, -0.2) is 17.8 Å². The lowest BCUT2D eigenvalue weighted by Crippen LogP contribution is -2.07. The van der Waals surface area contributed by atoms with E-state index in [1.54, 1.807) is 0 Å². The second-order valence-electron chi connectivity index (χ2n) is 5.21. The molecule has 1 atom stereocenters. The van der Waals surface area contributed by atoms with Crippen molar-refractivity contribution in [1.82, 2.24) is 0 Å². The van der Waals surface area contributed by atoms with Crippen LogP contribution in [-0.2, 0) is 11.3 Å². The van der Waals surface area contributed by atoms with Crippen LogP contribution in [0.15, 0.2) is 60.7 Å². The molecule has 0 saturated heterocycles. The van der Waals surface area contributed by atoms with Gasteiger partial charge in [-0.25, -0.2) is 0 Å². The summed E-state index contributed by atoms with van der Waals surface area (Å²) in [5.41, 5.74) is 2.16. The van der Waals surface area contributed by atoms with Crippen LogP contribution in [0.2, 0.25) is 0 Å². The molecule has 2 heteroatoms. The van der Waals surface area contributed by atoms with Gasteiger partial charge in [0.2, 0.25) is 0 Å². The van der Waals surface area contributed by atoms with Gasteiger partial charge in [0.25, 0.3) is 0 Å². The molecule has 0 aliphatic carbocycles. The highest BCUT2D eigenvalue weighted by atomic mass is 16.5. The van der Waals surface area contributed by atoms with Gasteiger partial charge in [0, 0.05) is 18.6 Å². The zero-order valence-electron chi connectivity index (χ0n) is 12.7. The predicted molar refractivity (Wildman–Crippen MR) is 89.3 cm³/mol.